The lowest BCUT2D eigenvalue weighted by Gasteiger charge is -2.35. The number of hydrogen-bond donors (Lipinski definition) is 1. The van der Waals surface area contributed by atoms with Crippen molar-refractivity contribution in [2.24, 2.45) is 0 Å². The SMILES string of the molecule is CCC1CCCCN1C(=O)CCNc1ccc(N2CCCC2)cc1. The summed E-state index contributed by atoms with van der Waals surface area (Å²) < 4.78 is 0. The first-order valence-corrected chi connectivity index (χ1v) is 9.66. The molecule has 2 heterocycles. The topological polar surface area (TPSA) is 35.6 Å². The fourth-order valence-corrected chi connectivity index (χ4v) is 3.98. The zero-order valence-corrected chi connectivity index (χ0v) is 15.0. The van der Waals surface area contributed by atoms with Gasteiger partial charge >= 0.3 is 0 Å². The maximum Gasteiger partial charge on any atom is 0.224 e. The van der Waals surface area contributed by atoms with Crippen LogP contribution in [0.1, 0.15) is 51.9 Å². The lowest BCUT2D eigenvalue weighted by Crippen LogP contribution is -2.43. The number of anilines is 2. The molecule has 0 aromatic heterocycles. The van der Waals surface area contributed by atoms with Gasteiger partial charge in [0.1, 0.15) is 0 Å². The fraction of sp³-hybridized carbons (Fsp3) is 0.650. The molecule has 1 amide bonds. The van der Waals surface area contributed by atoms with Crippen molar-refractivity contribution in [1.82, 2.24) is 4.90 Å². The van der Waals surface area contributed by atoms with Crippen LogP contribution in [0.2, 0.25) is 0 Å². The van der Waals surface area contributed by atoms with E-state index >= 15 is 0 Å². The normalized spacial score (nSPS) is 21.1. The summed E-state index contributed by atoms with van der Waals surface area (Å²) in [6.45, 7) is 6.21. The standard InChI is InChI=1S/C20H31N3O/c1-2-18-7-3-4-16-23(18)20(24)12-13-21-17-8-10-19(11-9-17)22-14-5-6-15-22/h8-11,18,21H,2-7,12-16H2,1H3. The number of nitrogens with zero attached hydrogens (tertiary/aromatic N) is 2. The average molecular weight is 329 g/mol. The number of likely N-dealkylation sites (tertiary alicyclic amines) is 1. The van der Waals surface area contributed by atoms with Gasteiger partial charge in [-0.05, 0) is 62.8 Å². The molecule has 1 unspecified atom stereocenters. The van der Waals surface area contributed by atoms with Gasteiger partial charge in [0, 0.05) is 50.0 Å². The zero-order chi connectivity index (χ0) is 16.8. The molecule has 2 fully saturated rings. The monoisotopic (exact) mass is 329 g/mol. The number of piperidine rings is 1. The van der Waals surface area contributed by atoms with E-state index in [2.05, 4.69) is 46.3 Å². The van der Waals surface area contributed by atoms with Gasteiger partial charge in [0.05, 0.1) is 0 Å². The van der Waals surface area contributed by atoms with Crippen molar-refractivity contribution < 1.29 is 4.79 Å². The number of benzene rings is 1. The third-order valence-corrected chi connectivity index (χ3v) is 5.43. The van der Waals surface area contributed by atoms with Gasteiger partial charge in [-0.3, -0.25) is 4.79 Å². The largest absolute Gasteiger partial charge is 0.385 e. The maximum absolute atomic E-state index is 12.5. The second-order valence-corrected chi connectivity index (χ2v) is 7.06. The van der Waals surface area contributed by atoms with Gasteiger partial charge in [0.2, 0.25) is 5.91 Å². The van der Waals surface area contributed by atoms with E-state index in [1.807, 2.05) is 0 Å². The highest BCUT2D eigenvalue weighted by Gasteiger charge is 2.24. The Labute approximate surface area is 146 Å². The van der Waals surface area contributed by atoms with Gasteiger partial charge in [0.15, 0.2) is 0 Å². The maximum atomic E-state index is 12.5. The van der Waals surface area contributed by atoms with Crippen molar-refractivity contribution in [2.45, 2.75) is 57.9 Å². The molecule has 0 bridgehead atoms. The van der Waals surface area contributed by atoms with Crippen LogP contribution in [-0.2, 0) is 4.79 Å². The van der Waals surface area contributed by atoms with E-state index in [0.29, 0.717) is 18.4 Å². The molecule has 2 aliphatic rings. The molecule has 132 valence electrons. The van der Waals surface area contributed by atoms with Gasteiger partial charge in [-0.15, -0.1) is 0 Å². The Bertz CT molecular complexity index is 522. The van der Waals surface area contributed by atoms with Gasteiger partial charge in [-0.1, -0.05) is 6.92 Å². The fourth-order valence-electron chi connectivity index (χ4n) is 3.98. The summed E-state index contributed by atoms with van der Waals surface area (Å²) in [6.07, 6.45) is 7.88. The van der Waals surface area contributed by atoms with Crippen molar-refractivity contribution in [2.75, 3.05) is 36.4 Å². The Hall–Kier alpha value is -1.71. The van der Waals surface area contributed by atoms with Crippen LogP contribution in [0.5, 0.6) is 0 Å². The van der Waals surface area contributed by atoms with Crippen LogP contribution in [-0.4, -0.2) is 43.0 Å². The molecule has 0 aliphatic carbocycles. The molecule has 0 radical (unpaired) electrons. The minimum Gasteiger partial charge on any atom is -0.385 e. The molecule has 1 atom stereocenters. The predicted octanol–water partition coefficient (Wildman–Crippen LogP) is 3.88. The van der Waals surface area contributed by atoms with E-state index in [4.69, 9.17) is 0 Å². The highest BCUT2D eigenvalue weighted by molar-refractivity contribution is 5.77. The third-order valence-electron chi connectivity index (χ3n) is 5.43. The van der Waals surface area contributed by atoms with E-state index in [0.717, 1.165) is 31.6 Å². The third kappa shape index (κ3) is 4.22. The van der Waals surface area contributed by atoms with Crippen molar-refractivity contribution in [3.05, 3.63) is 24.3 Å². The molecular formula is C20H31N3O. The van der Waals surface area contributed by atoms with E-state index in [1.54, 1.807) is 0 Å². The van der Waals surface area contributed by atoms with Gasteiger partial charge < -0.3 is 15.1 Å². The first-order chi connectivity index (χ1) is 11.8. The Morgan fingerprint density at radius 2 is 1.79 bits per heavy atom. The average Bonchev–Trinajstić information content (AvgIpc) is 3.17. The molecule has 2 saturated heterocycles. The summed E-state index contributed by atoms with van der Waals surface area (Å²) in [5.41, 5.74) is 2.42. The molecule has 24 heavy (non-hydrogen) atoms. The highest BCUT2D eigenvalue weighted by Crippen LogP contribution is 2.22. The smallest absolute Gasteiger partial charge is 0.224 e. The van der Waals surface area contributed by atoms with Gasteiger partial charge in [0.25, 0.3) is 0 Å². The molecule has 4 nitrogen and oxygen atoms in total. The molecular weight excluding hydrogens is 298 g/mol. The van der Waals surface area contributed by atoms with Crippen molar-refractivity contribution in [3.8, 4) is 0 Å². The van der Waals surface area contributed by atoms with Crippen LogP contribution in [0.3, 0.4) is 0 Å². The first kappa shape index (κ1) is 17.1. The quantitative estimate of drug-likeness (QED) is 0.860. The summed E-state index contributed by atoms with van der Waals surface area (Å²) in [5.74, 6) is 0.308. The number of nitrogens with one attached hydrogen (secondary N) is 1. The van der Waals surface area contributed by atoms with Crippen LogP contribution < -0.4 is 10.2 Å². The summed E-state index contributed by atoms with van der Waals surface area (Å²) in [4.78, 5) is 17.0. The molecule has 0 saturated carbocycles. The second-order valence-electron chi connectivity index (χ2n) is 7.06. The van der Waals surface area contributed by atoms with Crippen LogP contribution in [0.25, 0.3) is 0 Å². The lowest BCUT2D eigenvalue weighted by atomic mass is 9.99. The molecule has 2 aliphatic heterocycles. The Morgan fingerprint density at radius 1 is 1.08 bits per heavy atom. The minimum atomic E-state index is 0.308. The van der Waals surface area contributed by atoms with Gasteiger partial charge in [-0.25, -0.2) is 0 Å². The van der Waals surface area contributed by atoms with Crippen molar-refractivity contribution in [1.29, 1.82) is 0 Å². The van der Waals surface area contributed by atoms with Gasteiger partial charge in [-0.2, -0.15) is 0 Å². The van der Waals surface area contributed by atoms with Crippen LogP contribution in [0, 0.1) is 0 Å². The van der Waals surface area contributed by atoms with Crippen LogP contribution in [0.15, 0.2) is 24.3 Å². The predicted molar refractivity (Wildman–Crippen MR) is 101 cm³/mol. The first-order valence-electron chi connectivity index (χ1n) is 9.66. The molecule has 1 aromatic rings. The number of amides is 1. The Balaban J connectivity index is 1.44. The molecule has 3 rings (SSSR count). The summed E-state index contributed by atoms with van der Waals surface area (Å²) in [7, 11) is 0. The summed E-state index contributed by atoms with van der Waals surface area (Å²) in [5, 5.41) is 3.40. The van der Waals surface area contributed by atoms with Crippen molar-refractivity contribution >= 4 is 17.3 Å². The van der Waals surface area contributed by atoms with Crippen LogP contribution >= 0.6 is 0 Å². The zero-order valence-electron chi connectivity index (χ0n) is 15.0. The number of carbonyl (C=O) groups excluding carboxylic acids is 1. The van der Waals surface area contributed by atoms with E-state index in [1.165, 1.54) is 44.5 Å². The molecule has 1 aromatic carbocycles. The number of hydrogen-bond acceptors (Lipinski definition) is 3. The second kappa shape index (κ2) is 8.41. The highest BCUT2D eigenvalue weighted by atomic mass is 16.2. The van der Waals surface area contributed by atoms with Crippen LogP contribution in [0.4, 0.5) is 11.4 Å². The molecule has 4 heteroatoms. The molecule has 1 N–H and O–H groups in total. The Morgan fingerprint density at radius 3 is 2.50 bits per heavy atom. The van der Waals surface area contributed by atoms with E-state index < -0.39 is 0 Å². The van der Waals surface area contributed by atoms with Crippen molar-refractivity contribution in [3.63, 3.8) is 0 Å². The number of rotatable bonds is 6. The molecule has 0 spiro atoms. The summed E-state index contributed by atoms with van der Waals surface area (Å²) in [6, 6.07) is 9.10. The Kier molecular flexibility index (Phi) is 6.00. The summed E-state index contributed by atoms with van der Waals surface area (Å²) >= 11 is 0. The minimum absolute atomic E-state index is 0.308. The van der Waals surface area contributed by atoms with E-state index in [9.17, 15) is 4.79 Å². The number of carbonyl (C=O) groups is 1. The lowest BCUT2D eigenvalue weighted by molar-refractivity contribution is -0.134. The van der Waals surface area contributed by atoms with E-state index in [-0.39, 0.29) is 0 Å².